The number of aromatic hydroxyl groups is 1. The number of aliphatic hydroxyl groups is 1. The first kappa shape index (κ1) is 17.2. The number of hydrogen-bond acceptors (Lipinski definition) is 3. The van der Waals surface area contributed by atoms with Crippen molar-refractivity contribution in [1.82, 2.24) is 4.98 Å². The highest BCUT2D eigenvalue weighted by molar-refractivity contribution is 5.92. The van der Waals surface area contributed by atoms with Crippen LogP contribution in [0.2, 0.25) is 0 Å². The molecule has 0 aliphatic carbocycles. The van der Waals surface area contributed by atoms with Crippen molar-refractivity contribution in [3.63, 3.8) is 0 Å². The minimum absolute atomic E-state index is 0.00397. The van der Waals surface area contributed by atoms with E-state index in [0.717, 1.165) is 16.7 Å². The number of halogens is 1. The third-order valence-corrected chi connectivity index (χ3v) is 4.67. The first-order chi connectivity index (χ1) is 13.1. The molecule has 0 atom stereocenters. The van der Waals surface area contributed by atoms with Crippen LogP contribution >= 0.6 is 0 Å². The van der Waals surface area contributed by atoms with Gasteiger partial charge in [-0.25, -0.2) is 9.37 Å². The molecule has 0 bridgehead atoms. The molecule has 0 radical (unpaired) electrons. The third-order valence-electron chi connectivity index (χ3n) is 4.67. The lowest BCUT2D eigenvalue weighted by molar-refractivity contribution is 0.282. The molecule has 0 spiro atoms. The van der Waals surface area contributed by atoms with Gasteiger partial charge in [0.15, 0.2) is 0 Å². The third kappa shape index (κ3) is 3.15. The molecule has 4 aromatic rings. The van der Waals surface area contributed by atoms with Crippen LogP contribution in [0.4, 0.5) is 4.39 Å². The van der Waals surface area contributed by atoms with E-state index >= 15 is 0 Å². The van der Waals surface area contributed by atoms with Crippen molar-refractivity contribution in [3.8, 4) is 28.1 Å². The van der Waals surface area contributed by atoms with Crippen molar-refractivity contribution in [1.29, 1.82) is 0 Å². The molecular formula is C23H18FNO2. The lowest BCUT2D eigenvalue weighted by Gasteiger charge is -2.12. The summed E-state index contributed by atoms with van der Waals surface area (Å²) in [6.45, 7) is 1.66. The van der Waals surface area contributed by atoms with Crippen LogP contribution in [0.3, 0.4) is 0 Å². The summed E-state index contributed by atoms with van der Waals surface area (Å²) in [5, 5.41) is 20.8. The second kappa shape index (κ2) is 6.82. The SMILES string of the molecule is Cc1ccc(-c2cc(O)c3cc(CO)c(-c4ccccc4)cc3n2)c(F)c1. The van der Waals surface area contributed by atoms with Gasteiger partial charge in [-0.2, -0.15) is 0 Å². The number of aryl methyl sites for hydroxylation is 1. The van der Waals surface area contributed by atoms with Crippen molar-refractivity contribution >= 4 is 10.9 Å². The fraction of sp³-hybridized carbons (Fsp3) is 0.0870. The van der Waals surface area contributed by atoms with Crippen LogP contribution < -0.4 is 0 Å². The summed E-state index contributed by atoms with van der Waals surface area (Å²) in [5.41, 5.74) is 4.54. The van der Waals surface area contributed by atoms with E-state index in [0.29, 0.717) is 27.7 Å². The second-order valence-electron chi connectivity index (χ2n) is 6.56. The molecule has 3 aromatic carbocycles. The highest BCUT2D eigenvalue weighted by Crippen LogP contribution is 2.35. The van der Waals surface area contributed by atoms with E-state index in [1.807, 2.05) is 49.4 Å². The van der Waals surface area contributed by atoms with Crippen LogP contribution in [0.1, 0.15) is 11.1 Å². The van der Waals surface area contributed by atoms with E-state index in [1.165, 1.54) is 12.1 Å². The van der Waals surface area contributed by atoms with Gasteiger partial charge in [-0.1, -0.05) is 36.4 Å². The average molecular weight is 359 g/mol. The largest absolute Gasteiger partial charge is 0.507 e. The van der Waals surface area contributed by atoms with Crippen molar-refractivity contribution in [2.75, 3.05) is 0 Å². The van der Waals surface area contributed by atoms with Crippen molar-refractivity contribution in [3.05, 3.63) is 83.7 Å². The summed E-state index contributed by atoms with van der Waals surface area (Å²) in [6.07, 6.45) is 0. The van der Waals surface area contributed by atoms with Gasteiger partial charge in [-0.15, -0.1) is 0 Å². The molecule has 0 saturated carbocycles. The van der Waals surface area contributed by atoms with Gasteiger partial charge in [0.05, 0.1) is 17.8 Å². The van der Waals surface area contributed by atoms with Gasteiger partial charge in [-0.3, -0.25) is 0 Å². The number of nitrogens with zero attached hydrogens (tertiary/aromatic N) is 1. The minimum atomic E-state index is -0.378. The first-order valence-corrected chi connectivity index (χ1v) is 8.66. The zero-order valence-electron chi connectivity index (χ0n) is 14.8. The minimum Gasteiger partial charge on any atom is -0.507 e. The molecule has 0 unspecified atom stereocenters. The molecule has 27 heavy (non-hydrogen) atoms. The van der Waals surface area contributed by atoms with Crippen molar-refractivity contribution in [2.24, 2.45) is 0 Å². The van der Waals surface area contributed by atoms with Gasteiger partial charge >= 0.3 is 0 Å². The van der Waals surface area contributed by atoms with E-state index in [-0.39, 0.29) is 18.2 Å². The van der Waals surface area contributed by atoms with Gasteiger partial charge < -0.3 is 10.2 Å². The highest BCUT2D eigenvalue weighted by atomic mass is 19.1. The highest BCUT2D eigenvalue weighted by Gasteiger charge is 2.14. The lowest BCUT2D eigenvalue weighted by Crippen LogP contribution is -1.94. The predicted molar refractivity (Wildman–Crippen MR) is 105 cm³/mol. The van der Waals surface area contributed by atoms with E-state index in [9.17, 15) is 14.6 Å². The summed E-state index contributed by atoms with van der Waals surface area (Å²) in [6, 6.07) is 19.6. The molecule has 0 saturated heterocycles. The van der Waals surface area contributed by atoms with Gasteiger partial charge in [0.25, 0.3) is 0 Å². The van der Waals surface area contributed by atoms with Crippen LogP contribution in [0, 0.1) is 12.7 Å². The van der Waals surface area contributed by atoms with Gasteiger partial charge in [0.2, 0.25) is 0 Å². The summed E-state index contributed by atoms with van der Waals surface area (Å²) < 4.78 is 14.4. The van der Waals surface area contributed by atoms with Crippen LogP contribution in [0.25, 0.3) is 33.3 Å². The van der Waals surface area contributed by atoms with Gasteiger partial charge in [0.1, 0.15) is 11.6 Å². The number of aromatic nitrogens is 1. The van der Waals surface area contributed by atoms with E-state index in [2.05, 4.69) is 4.98 Å². The molecule has 0 aliphatic heterocycles. The summed E-state index contributed by atoms with van der Waals surface area (Å²) in [5.74, 6) is -0.374. The van der Waals surface area contributed by atoms with Crippen LogP contribution in [0.15, 0.2) is 66.7 Å². The Bertz CT molecular complexity index is 1140. The smallest absolute Gasteiger partial charge is 0.132 e. The van der Waals surface area contributed by atoms with E-state index < -0.39 is 0 Å². The summed E-state index contributed by atoms with van der Waals surface area (Å²) in [7, 11) is 0. The zero-order chi connectivity index (χ0) is 19.0. The maximum atomic E-state index is 14.4. The van der Waals surface area contributed by atoms with E-state index in [1.54, 1.807) is 12.1 Å². The average Bonchev–Trinajstić information content (AvgIpc) is 2.67. The number of benzene rings is 3. The number of fused-ring (bicyclic) bond motifs is 1. The number of rotatable bonds is 3. The molecule has 2 N–H and O–H groups in total. The molecular weight excluding hydrogens is 341 g/mol. The Morgan fingerprint density at radius 3 is 2.41 bits per heavy atom. The Hall–Kier alpha value is -3.24. The molecule has 134 valence electrons. The van der Waals surface area contributed by atoms with Crippen molar-refractivity contribution < 1.29 is 14.6 Å². The second-order valence-corrected chi connectivity index (χ2v) is 6.56. The molecule has 0 fully saturated rings. The summed E-state index contributed by atoms with van der Waals surface area (Å²) in [4.78, 5) is 4.58. The molecule has 4 rings (SSSR count). The Morgan fingerprint density at radius 2 is 1.70 bits per heavy atom. The Balaban J connectivity index is 1.96. The molecule has 0 aliphatic rings. The topological polar surface area (TPSA) is 53.4 Å². The Morgan fingerprint density at radius 1 is 0.926 bits per heavy atom. The zero-order valence-corrected chi connectivity index (χ0v) is 14.8. The van der Waals surface area contributed by atoms with Gasteiger partial charge in [0, 0.05) is 17.0 Å². The Labute approximate surface area is 156 Å². The number of pyridine rings is 1. The molecule has 0 amide bonds. The number of aliphatic hydroxyl groups excluding tert-OH is 1. The normalized spacial score (nSPS) is 11.1. The lowest BCUT2D eigenvalue weighted by atomic mass is 9.97. The quantitative estimate of drug-likeness (QED) is 0.528. The Kier molecular flexibility index (Phi) is 4.34. The van der Waals surface area contributed by atoms with Crippen LogP contribution in [0.5, 0.6) is 5.75 Å². The van der Waals surface area contributed by atoms with Crippen LogP contribution in [-0.2, 0) is 6.61 Å². The maximum Gasteiger partial charge on any atom is 0.132 e. The predicted octanol–water partition coefficient (Wildman–Crippen LogP) is 5.21. The van der Waals surface area contributed by atoms with Crippen LogP contribution in [-0.4, -0.2) is 15.2 Å². The first-order valence-electron chi connectivity index (χ1n) is 8.66. The molecule has 4 heteroatoms. The number of hydrogen-bond donors (Lipinski definition) is 2. The van der Waals surface area contributed by atoms with Crippen molar-refractivity contribution in [2.45, 2.75) is 13.5 Å². The summed E-state index contributed by atoms with van der Waals surface area (Å²) >= 11 is 0. The van der Waals surface area contributed by atoms with Gasteiger partial charge in [-0.05, 0) is 53.4 Å². The monoisotopic (exact) mass is 359 g/mol. The standard InChI is InChI=1S/C23H18FNO2/c1-14-7-8-17(20(24)9-14)22-12-23(27)19-10-16(13-26)18(11-21(19)25-22)15-5-3-2-4-6-15/h2-12,26H,13H2,1H3,(H,25,27). The fourth-order valence-corrected chi connectivity index (χ4v) is 3.28. The molecule has 3 nitrogen and oxygen atoms in total. The fourth-order valence-electron chi connectivity index (χ4n) is 3.28. The molecule has 1 aromatic heterocycles. The molecule has 1 heterocycles. The maximum absolute atomic E-state index is 14.4. The van der Waals surface area contributed by atoms with E-state index in [4.69, 9.17) is 0 Å².